The number of carbonyl (C=O) groups is 2. The van der Waals surface area contributed by atoms with Crippen molar-refractivity contribution in [1.29, 1.82) is 0 Å². The lowest BCUT2D eigenvalue weighted by atomic mass is 10.0. The zero-order valence-electron chi connectivity index (χ0n) is 12.1. The van der Waals surface area contributed by atoms with Crippen LogP contribution in [0, 0.1) is 5.92 Å². The maximum atomic E-state index is 11.4. The summed E-state index contributed by atoms with van der Waals surface area (Å²) in [6.07, 6.45) is -0.451. The van der Waals surface area contributed by atoms with Crippen molar-refractivity contribution in [2.75, 3.05) is 39.8 Å². The Labute approximate surface area is 114 Å². The normalized spacial score (nSPS) is 19.4. The average Bonchev–Trinajstić information content (AvgIpc) is 2.30. The molecule has 1 saturated heterocycles. The van der Waals surface area contributed by atoms with Crippen LogP contribution in [-0.2, 0) is 9.59 Å². The monoisotopic (exact) mass is 271 g/mol. The molecule has 6 heteroatoms. The zero-order valence-corrected chi connectivity index (χ0v) is 12.1. The van der Waals surface area contributed by atoms with Crippen molar-refractivity contribution in [3.63, 3.8) is 0 Å². The van der Waals surface area contributed by atoms with Crippen molar-refractivity contribution >= 4 is 11.9 Å². The molecule has 0 saturated carbocycles. The Morgan fingerprint density at radius 2 is 1.79 bits per heavy atom. The number of nitrogens with one attached hydrogen (secondary N) is 1. The van der Waals surface area contributed by atoms with Gasteiger partial charge in [0, 0.05) is 38.8 Å². The van der Waals surface area contributed by atoms with Gasteiger partial charge in [0.25, 0.3) is 0 Å². The van der Waals surface area contributed by atoms with E-state index in [1.807, 2.05) is 0 Å². The maximum absolute atomic E-state index is 11.4. The number of carboxylic acids is 1. The van der Waals surface area contributed by atoms with Gasteiger partial charge in [0.2, 0.25) is 5.91 Å². The molecule has 0 spiro atoms. The summed E-state index contributed by atoms with van der Waals surface area (Å²) in [5, 5.41) is 11.3. The number of aliphatic carboxylic acids is 1. The van der Waals surface area contributed by atoms with Crippen LogP contribution in [0.25, 0.3) is 0 Å². The van der Waals surface area contributed by atoms with Crippen LogP contribution in [-0.4, -0.2) is 72.6 Å². The van der Waals surface area contributed by atoms with Crippen LogP contribution in [0.5, 0.6) is 0 Å². The molecule has 0 aliphatic carbocycles. The summed E-state index contributed by atoms with van der Waals surface area (Å²) in [5.41, 5.74) is 0. The Morgan fingerprint density at radius 1 is 1.21 bits per heavy atom. The molecule has 6 nitrogen and oxygen atoms in total. The number of carbonyl (C=O) groups excluding carboxylic acids is 1. The van der Waals surface area contributed by atoms with Crippen LogP contribution in [0.15, 0.2) is 0 Å². The fraction of sp³-hybridized carbons (Fsp3) is 0.846. The maximum Gasteiger partial charge on any atom is 0.312 e. The molecule has 0 radical (unpaired) electrons. The van der Waals surface area contributed by atoms with Gasteiger partial charge in [0.05, 0.1) is 0 Å². The summed E-state index contributed by atoms with van der Waals surface area (Å²) in [7, 11) is 2.11. The summed E-state index contributed by atoms with van der Waals surface area (Å²) < 4.78 is 0. The largest absolute Gasteiger partial charge is 0.481 e. The van der Waals surface area contributed by atoms with Crippen LogP contribution in [0.3, 0.4) is 0 Å². The summed E-state index contributed by atoms with van der Waals surface area (Å²) in [6, 6.07) is 0.270. The molecule has 0 aromatic heterocycles. The minimum absolute atomic E-state index is 0.270. The van der Waals surface area contributed by atoms with E-state index in [9.17, 15) is 9.59 Å². The van der Waals surface area contributed by atoms with Gasteiger partial charge in [-0.3, -0.25) is 14.5 Å². The fourth-order valence-electron chi connectivity index (χ4n) is 2.36. The van der Waals surface area contributed by atoms with Gasteiger partial charge in [-0.2, -0.15) is 0 Å². The van der Waals surface area contributed by atoms with E-state index in [-0.39, 0.29) is 6.04 Å². The zero-order chi connectivity index (χ0) is 14.4. The van der Waals surface area contributed by atoms with E-state index in [0.717, 1.165) is 26.2 Å². The number of nitrogens with zero attached hydrogens (tertiary/aromatic N) is 2. The quantitative estimate of drug-likeness (QED) is 0.657. The molecule has 110 valence electrons. The predicted molar refractivity (Wildman–Crippen MR) is 73.0 cm³/mol. The second-order valence-electron chi connectivity index (χ2n) is 5.53. The lowest BCUT2D eigenvalue weighted by Crippen LogP contribution is -2.54. The number of likely N-dealkylation sites (N-methyl/N-ethyl adjacent to an activating group) is 1. The third-order valence-electron chi connectivity index (χ3n) is 3.60. The Hall–Kier alpha value is -1.14. The van der Waals surface area contributed by atoms with Crippen molar-refractivity contribution in [3.05, 3.63) is 0 Å². The second kappa shape index (κ2) is 7.45. The molecular weight excluding hydrogens is 246 g/mol. The highest BCUT2D eigenvalue weighted by atomic mass is 16.4. The molecule has 1 fully saturated rings. The number of hydrogen-bond donors (Lipinski definition) is 2. The Morgan fingerprint density at radius 3 is 2.26 bits per heavy atom. The molecule has 1 aliphatic heterocycles. The van der Waals surface area contributed by atoms with Crippen LogP contribution >= 0.6 is 0 Å². The van der Waals surface area contributed by atoms with Gasteiger partial charge in [0.15, 0.2) is 0 Å². The van der Waals surface area contributed by atoms with E-state index in [0.29, 0.717) is 12.5 Å². The molecule has 1 amide bonds. The molecule has 0 aromatic carbocycles. The first kappa shape index (κ1) is 15.9. The van der Waals surface area contributed by atoms with Crippen molar-refractivity contribution in [3.8, 4) is 0 Å². The molecule has 1 atom stereocenters. The highest BCUT2D eigenvalue weighted by Crippen LogP contribution is 2.12. The number of rotatable bonds is 6. The van der Waals surface area contributed by atoms with Crippen molar-refractivity contribution in [2.24, 2.45) is 5.92 Å². The molecule has 1 heterocycles. The molecule has 0 aromatic rings. The van der Waals surface area contributed by atoms with E-state index in [4.69, 9.17) is 5.11 Å². The van der Waals surface area contributed by atoms with Crippen LogP contribution < -0.4 is 5.32 Å². The molecule has 19 heavy (non-hydrogen) atoms. The first-order valence-corrected chi connectivity index (χ1v) is 6.81. The fourth-order valence-corrected chi connectivity index (χ4v) is 2.36. The van der Waals surface area contributed by atoms with E-state index >= 15 is 0 Å². The van der Waals surface area contributed by atoms with E-state index in [2.05, 4.69) is 36.0 Å². The molecule has 0 bridgehead atoms. The topological polar surface area (TPSA) is 72.9 Å². The minimum atomic E-state index is -1.09. The van der Waals surface area contributed by atoms with Crippen LogP contribution in [0.4, 0.5) is 0 Å². The molecule has 2 N–H and O–H groups in total. The van der Waals surface area contributed by atoms with Gasteiger partial charge >= 0.3 is 5.97 Å². The Balaban J connectivity index is 2.44. The van der Waals surface area contributed by atoms with Crippen LogP contribution in [0.1, 0.15) is 20.3 Å². The molecule has 1 unspecified atom stereocenters. The predicted octanol–water partition coefficient (Wildman–Crippen LogP) is -0.151. The van der Waals surface area contributed by atoms with E-state index < -0.39 is 18.3 Å². The average molecular weight is 271 g/mol. The number of piperazine rings is 1. The standard InChI is InChI=1S/C13H25N3O3/c1-10(2)11(9-14-12(17)8-13(18)19)16-6-4-15(3)5-7-16/h10-11H,4-9H2,1-3H3,(H,14,17)(H,18,19). The third-order valence-corrected chi connectivity index (χ3v) is 3.60. The third kappa shape index (κ3) is 5.57. The lowest BCUT2D eigenvalue weighted by molar-refractivity contribution is -0.140. The first-order valence-electron chi connectivity index (χ1n) is 6.81. The SMILES string of the molecule is CC(C)C(CNC(=O)CC(=O)O)N1CCN(C)CC1. The second-order valence-corrected chi connectivity index (χ2v) is 5.53. The van der Waals surface area contributed by atoms with Gasteiger partial charge in [-0.1, -0.05) is 13.8 Å². The first-order chi connectivity index (χ1) is 8.90. The van der Waals surface area contributed by atoms with Crippen molar-refractivity contribution < 1.29 is 14.7 Å². The van der Waals surface area contributed by atoms with Gasteiger partial charge in [-0.25, -0.2) is 0 Å². The molecular formula is C13H25N3O3. The minimum Gasteiger partial charge on any atom is -0.481 e. The van der Waals surface area contributed by atoms with Crippen molar-refractivity contribution in [1.82, 2.24) is 15.1 Å². The van der Waals surface area contributed by atoms with E-state index in [1.165, 1.54) is 0 Å². The van der Waals surface area contributed by atoms with E-state index in [1.54, 1.807) is 0 Å². The smallest absolute Gasteiger partial charge is 0.312 e. The number of carboxylic acid groups (broad SMARTS) is 1. The van der Waals surface area contributed by atoms with Gasteiger partial charge < -0.3 is 15.3 Å². The summed E-state index contributed by atoms with van der Waals surface area (Å²) in [4.78, 5) is 26.5. The molecule has 1 aliphatic rings. The van der Waals surface area contributed by atoms with Crippen molar-refractivity contribution in [2.45, 2.75) is 26.3 Å². The Kier molecular flexibility index (Phi) is 6.24. The number of amides is 1. The van der Waals surface area contributed by atoms with Gasteiger partial charge in [-0.15, -0.1) is 0 Å². The van der Waals surface area contributed by atoms with Gasteiger partial charge in [-0.05, 0) is 13.0 Å². The highest BCUT2D eigenvalue weighted by molar-refractivity contribution is 5.93. The lowest BCUT2D eigenvalue weighted by Gasteiger charge is -2.39. The van der Waals surface area contributed by atoms with Gasteiger partial charge in [0.1, 0.15) is 6.42 Å². The summed E-state index contributed by atoms with van der Waals surface area (Å²) in [6.45, 7) is 8.84. The highest BCUT2D eigenvalue weighted by Gasteiger charge is 2.25. The number of hydrogen-bond acceptors (Lipinski definition) is 4. The summed E-state index contributed by atoms with van der Waals surface area (Å²) >= 11 is 0. The van der Waals surface area contributed by atoms with Crippen LogP contribution in [0.2, 0.25) is 0 Å². The summed E-state index contributed by atoms with van der Waals surface area (Å²) in [5.74, 6) is -1.07. The molecule has 1 rings (SSSR count). The Bertz CT molecular complexity index is 312.